The predicted molar refractivity (Wildman–Crippen MR) is 167 cm³/mol. The summed E-state index contributed by atoms with van der Waals surface area (Å²) < 4.78 is 66.1. The zero-order valence-corrected chi connectivity index (χ0v) is 26.8. The van der Waals surface area contributed by atoms with Gasteiger partial charge in [0.25, 0.3) is 5.91 Å². The van der Waals surface area contributed by atoms with Gasteiger partial charge in [0.05, 0.1) is 48.7 Å². The van der Waals surface area contributed by atoms with Crippen LogP contribution < -0.4 is 20.7 Å². The molecule has 0 radical (unpaired) electrons. The van der Waals surface area contributed by atoms with E-state index in [2.05, 4.69) is 36.0 Å². The Morgan fingerprint density at radius 3 is 2.54 bits per heavy atom. The van der Waals surface area contributed by atoms with Crippen molar-refractivity contribution in [1.29, 1.82) is 5.26 Å². The summed E-state index contributed by atoms with van der Waals surface area (Å²) in [4.78, 5) is 35.0. The van der Waals surface area contributed by atoms with Crippen LogP contribution in [0.2, 0.25) is 0 Å². The maximum absolute atomic E-state index is 14.1. The molecule has 3 aromatic heterocycles. The summed E-state index contributed by atoms with van der Waals surface area (Å²) in [5.41, 5.74) is -0.483. The monoisotopic (exact) mass is 689 g/mol. The largest absolute Gasteiger partial charge is 0.495 e. The molecule has 5 N–H and O–H groups in total. The fourth-order valence-corrected chi connectivity index (χ4v) is 5.64. The summed E-state index contributed by atoms with van der Waals surface area (Å²) in [7, 11) is -1.25. The number of aromatic nitrogens is 5. The van der Waals surface area contributed by atoms with E-state index in [1.54, 1.807) is 6.92 Å². The fraction of sp³-hybridized carbons (Fsp3) is 0.310. The number of aliphatic hydroxyl groups is 1. The molecule has 0 fully saturated rings. The predicted octanol–water partition coefficient (Wildman–Crippen LogP) is 4.59. The number of aryl methyl sites for hydroxylation is 1. The number of hydrogen-bond acceptors (Lipinski definition) is 12. The van der Waals surface area contributed by atoms with E-state index >= 15 is 0 Å². The minimum atomic E-state index is -4.90. The number of pyridine rings is 1. The van der Waals surface area contributed by atoms with Crippen LogP contribution in [-0.4, -0.2) is 68.0 Å². The lowest BCUT2D eigenvalue weighted by Crippen LogP contribution is -2.21. The number of ether oxygens (including phenoxy) is 1. The van der Waals surface area contributed by atoms with Crippen LogP contribution in [0.15, 0.2) is 42.7 Å². The van der Waals surface area contributed by atoms with Gasteiger partial charge in [-0.05, 0) is 43.2 Å². The van der Waals surface area contributed by atoms with Gasteiger partial charge >= 0.3 is 13.8 Å². The molecule has 0 aliphatic rings. The third-order valence-electron chi connectivity index (χ3n) is 6.66. The Bertz CT molecular complexity index is 1880. The van der Waals surface area contributed by atoms with Gasteiger partial charge in [-0.1, -0.05) is 6.07 Å². The second-order valence-corrected chi connectivity index (χ2v) is 11.8. The minimum Gasteiger partial charge on any atom is -0.495 e. The molecule has 4 aromatic rings. The molecule has 254 valence electrons. The zero-order chi connectivity index (χ0) is 35.1. The Balaban J connectivity index is 1.71. The number of nitriles is 1. The summed E-state index contributed by atoms with van der Waals surface area (Å²) in [5.74, 6) is -1.55. The van der Waals surface area contributed by atoms with Crippen molar-refractivity contribution in [2.24, 2.45) is 0 Å². The Hall–Kier alpha value is -5.08. The molecular formula is C29H31F3N9O6P. The third kappa shape index (κ3) is 8.44. The number of carbonyl (C=O) groups is 1. The fourth-order valence-electron chi connectivity index (χ4n) is 4.49. The van der Waals surface area contributed by atoms with E-state index in [0.29, 0.717) is 18.2 Å². The van der Waals surface area contributed by atoms with Crippen molar-refractivity contribution in [2.75, 3.05) is 38.0 Å². The first-order chi connectivity index (χ1) is 22.8. The van der Waals surface area contributed by atoms with Gasteiger partial charge in [-0.3, -0.25) is 14.0 Å². The molecule has 3 heterocycles. The van der Waals surface area contributed by atoms with Crippen molar-refractivity contribution in [2.45, 2.75) is 32.2 Å². The molecule has 1 aromatic carbocycles. The number of benzene rings is 1. The lowest BCUT2D eigenvalue weighted by molar-refractivity contribution is -0.137. The summed E-state index contributed by atoms with van der Waals surface area (Å²) in [6.45, 7) is 1.75. The number of halogens is 3. The third-order valence-corrected chi connectivity index (χ3v) is 8.09. The van der Waals surface area contributed by atoms with Crippen LogP contribution >= 0.6 is 7.60 Å². The molecule has 1 amide bonds. The molecule has 15 nitrogen and oxygen atoms in total. The van der Waals surface area contributed by atoms with Crippen molar-refractivity contribution < 1.29 is 41.8 Å². The molecule has 1 unspecified atom stereocenters. The molecule has 0 saturated carbocycles. The van der Waals surface area contributed by atoms with Gasteiger partial charge in [0.1, 0.15) is 28.9 Å². The highest BCUT2D eigenvalue weighted by molar-refractivity contribution is 7.51. The highest BCUT2D eigenvalue weighted by Gasteiger charge is 2.36. The van der Waals surface area contributed by atoms with E-state index in [0.717, 1.165) is 0 Å². The SMILES string of the molecule is CCOP(=O)(O)Cc1ccc(Nc2ncc(C(F)(F)F)c(Nc3ccc(-c4cnn(CCCO)c4C#N)nc3C(=O)NC)n2)c(OC)c1. The number of rotatable bonds is 14. The van der Waals surface area contributed by atoms with Gasteiger partial charge in [-0.15, -0.1) is 0 Å². The van der Waals surface area contributed by atoms with E-state index in [4.69, 9.17) is 14.4 Å². The molecule has 0 saturated heterocycles. The molecule has 48 heavy (non-hydrogen) atoms. The first kappa shape index (κ1) is 35.8. The van der Waals surface area contributed by atoms with Crippen LogP contribution in [0, 0.1) is 11.3 Å². The van der Waals surface area contributed by atoms with Crippen LogP contribution in [0.4, 0.5) is 36.3 Å². The molecule has 0 aliphatic heterocycles. The van der Waals surface area contributed by atoms with Crippen molar-refractivity contribution in [3.63, 3.8) is 0 Å². The first-order valence-corrected chi connectivity index (χ1v) is 16.0. The van der Waals surface area contributed by atoms with Crippen LogP contribution in [0.3, 0.4) is 0 Å². The number of alkyl halides is 3. The van der Waals surface area contributed by atoms with E-state index < -0.39 is 31.1 Å². The van der Waals surface area contributed by atoms with Crippen molar-refractivity contribution in [3.8, 4) is 23.1 Å². The van der Waals surface area contributed by atoms with Crippen LogP contribution in [0.1, 0.15) is 40.7 Å². The summed E-state index contributed by atoms with van der Waals surface area (Å²) in [6, 6.07) is 9.18. The Labute approximate surface area is 272 Å². The summed E-state index contributed by atoms with van der Waals surface area (Å²) in [5, 5.41) is 30.7. The maximum Gasteiger partial charge on any atom is 0.421 e. The smallest absolute Gasteiger partial charge is 0.421 e. The van der Waals surface area contributed by atoms with Gasteiger partial charge in [-0.2, -0.15) is 28.5 Å². The van der Waals surface area contributed by atoms with Crippen molar-refractivity contribution in [1.82, 2.24) is 30.0 Å². The molecule has 19 heteroatoms. The molecule has 0 aliphatic carbocycles. The van der Waals surface area contributed by atoms with Gasteiger partial charge in [-0.25, -0.2) is 9.97 Å². The maximum atomic E-state index is 14.1. The highest BCUT2D eigenvalue weighted by atomic mass is 31.2. The second kappa shape index (κ2) is 15.2. The number of methoxy groups -OCH3 is 1. The second-order valence-electron chi connectivity index (χ2n) is 9.94. The van der Waals surface area contributed by atoms with E-state index in [1.807, 2.05) is 6.07 Å². The lowest BCUT2D eigenvalue weighted by Gasteiger charge is -2.17. The van der Waals surface area contributed by atoms with Crippen LogP contribution in [0.5, 0.6) is 5.75 Å². The molecule has 0 bridgehead atoms. The Morgan fingerprint density at radius 1 is 1.15 bits per heavy atom. The van der Waals surface area contributed by atoms with Gasteiger partial charge in [0, 0.05) is 26.4 Å². The zero-order valence-electron chi connectivity index (χ0n) is 25.9. The van der Waals surface area contributed by atoms with Gasteiger partial charge in [0.15, 0.2) is 5.69 Å². The number of amides is 1. The quantitative estimate of drug-likeness (QED) is 0.115. The topological polar surface area (TPSA) is 209 Å². The molecule has 4 rings (SSSR count). The number of hydrogen-bond donors (Lipinski definition) is 5. The number of nitrogens with zero attached hydrogens (tertiary/aromatic N) is 6. The van der Waals surface area contributed by atoms with Gasteiger partial charge in [0.2, 0.25) is 5.95 Å². The van der Waals surface area contributed by atoms with Crippen LogP contribution in [-0.2, 0) is 28.0 Å². The lowest BCUT2D eigenvalue weighted by atomic mass is 10.1. The first-order valence-electron chi connectivity index (χ1n) is 14.3. The van der Waals surface area contributed by atoms with Crippen molar-refractivity contribution in [3.05, 3.63) is 65.2 Å². The Kier molecular flexibility index (Phi) is 11.3. The van der Waals surface area contributed by atoms with Gasteiger partial charge < -0.3 is 35.2 Å². The summed E-state index contributed by atoms with van der Waals surface area (Å²) >= 11 is 0. The van der Waals surface area contributed by atoms with Crippen LogP contribution in [0.25, 0.3) is 11.3 Å². The van der Waals surface area contributed by atoms with E-state index in [1.165, 1.54) is 55.4 Å². The molecule has 1 atom stereocenters. The average Bonchev–Trinajstić information content (AvgIpc) is 3.46. The normalized spacial score (nSPS) is 12.6. The number of nitrogens with one attached hydrogen (secondary N) is 3. The molecular weight excluding hydrogens is 658 g/mol. The van der Waals surface area contributed by atoms with E-state index in [-0.39, 0.29) is 71.6 Å². The average molecular weight is 690 g/mol. The minimum absolute atomic E-state index is 0.0386. The van der Waals surface area contributed by atoms with Crippen molar-refractivity contribution >= 4 is 36.6 Å². The number of carbonyl (C=O) groups excluding carboxylic acids is 1. The standard InChI is InChI=1S/C29H31F3N9O6P/c1-4-47-48(44,45)16-17-6-7-21(24(12-17)46-3)39-28-35-15-19(29(30,31)32)26(40-28)38-22-9-8-20(37-25(22)27(43)34-2)18-14-36-41(10-5-11-42)23(18)13-33/h6-9,12,14-15,42H,4-5,10-11,16H2,1-3H3,(H,34,43)(H,44,45)(H2,35,38,39,40). The summed E-state index contributed by atoms with van der Waals surface area (Å²) in [6.07, 6.45) is -2.93. The molecule has 0 spiro atoms. The Morgan fingerprint density at radius 2 is 1.90 bits per heavy atom. The number of aliphatic hydroxyl groups excluding tert-OH is 1. The van der Waals surface area contributed by atoms with E-state index in [9.17, 15) is 32.7 Å². The highest BCUT2D eigenvalue weighted by Crippen LogP contribution is 2.46. The number of anilines is 4.